The molecule has 3 heterocycles. The van der Waals surface area contributed by atoms with Crippen LogP contribution in [-0.2, 0) is 0 Å². The average molecular weight is 364 g/mol. The molecular weight excluding hydrogens is 352 g/mol. The van der Waals surface area contributed by atoms with Crippen molar-refractivity contribution >= 4 is 0 Å². The highest BCUT2D eigenvalue weighted by Crippen LogP contribution is 2.35. The van der Waals surface area contributed by atoms with E-state index >= 15 is 0 Å². The molecule has 9 heteroatoms. The second-order valence-electron chi connectivity index (χ2n) is 5.64. The number of nitrogens with zero attached hydrogens (tertiary/aromatic N) is 4. The van der Waals surface area contributed by atoms with Gasteiger partial charge in [0.15, 0.2) is 11.5 Å². The van der Waals surface area contributed by atoms with E-state index in [2.05, 4.69) is 20.3 Å². The fourth-order valence-corrected chi connectivity index (χ4v) is 2.63. The Hall–Kier alpha value is -3.88. The molecule has 0 saturated carbocycles. The highest BCUT2D eigenvalue weighted by atomic mass is 16.7. The summed E-state index contributed by atoms with van der Waals surface area (Å²) in [6.07, 6.45) is 0. The van der Waals surface area contributed by atoms with Crippen LogP contribution < -0.4 is 14.2 Å². The lowest BCUT2D eigenvalue weighted by Crippen LogP contribution is -1.92. The normalized spacial score (nSPS) is 12.3. The summed E-state index contributed by atoms with van der Waals surface area (Å²) in [6, 6.07) is 12.7. The summed E-state index contributed by atoms with van der Waals surface area (Å²) in [4.78, 5) is 8.63. The molecule has 2 aromatic heterocycles. The van der Waals surface area contributed by atoms with E-state index in [1.54, 1.807) is 19.2 Å². The Bertz CT molecular complexity index is 1100. The molecule has 0 N–H and O–H groups in total. The predicted octanol–water partition coefficient (Wildman–Crippen LogP) is 3.19. The summed E-state index contributed by atoms with van der Waals surface area (Å²) in [6.45, 7) is 0.201. The number of fused-ring (bicyclic) bond motifs is 1. The lowest BCUT2D eigenvalue weighted by atomic mass is 10.2. The first-order chi connectivity index (χ1) is 13.3. The predicted molar refractivity (Wildman–Crippen MR) is 91.1 cm³/mol. The minimum absolute atomic E-state index is 0.134. The molecule has 0 fully saturated rings. The first kappa shape index (κ1) is 15.4. The number of benzene rings is 2. The van der Waals surface area contributed by atoms with Crippen molar-refractivity contribution in [2.24, 2.45) is 0 Å². The minimum Gasteiger partial charge on any atom is -0.497 e. The molecule has 1 aliphatic heterocycles. The van der Waals surface area contributed by atoms with Gasteiger partial charge in [0.2, 0.25) is 18.4 Å². The van der Waals surface area contributed by atoms with E-state index in [1.807, 2.05) is 30.3 Å². The molecular formula is C18H12N4O5. The van der Waals surface area contributed by atoms with Gasteiger partial charge in [0, 0.05) is 11.1 Å². The van der Waals surface area contributed by atoms with Gasteiger partial charge >= 0.3 is 11.8 Å². The van der Waals surface area contributed by atoms with Crippen molar-refractivity contribution in [3.63, 3.8) is 0 Å². The Balaban J connectivity index is 1.42. The SMILES string of the molecule is COc1ccc(-c2noc(-c3nc(-c4ccc5c(c4)OCO5)no3)n2)cc1. The monoisotopic (exact) mass is 364 g/mol. The maximum atomic E-state index is 5.36. The third-order valence-electron chi connectivity index (χ3n) is 4.01. The smallest absolute Gasteiger partial charge is 0.316 e. The summed E-state index contributed by atoms with van der Waals surface area (Å²) >= 11 is 0. The van der Waals surface area contributed by atoms with Crippen molar-refractivity contribution in [2.75, 3.05) is 13.9 Å². The topological polar surface area (TPSA) is 106 Å². The zero-order chi connectivity index (χ0) is 18.2. The van der Waals surface area contributed by atoms with Crippen LogP contribution in [0.4, 0.5) is 0 Å². The second kappa shape index (κ2) is 6.13. The third-order valence-corrected chi connectivity index (χ3v) is 4.01. The van der Waals surface area contributed by atoms with E-state index in [1.165, 1.54) is 0 Å². The zero-order valence-electron chi connectivity index (χ0n) is 14.1. The van der Waals surface area contributed by atoms with E-state index < -0.39 is 0 Å². The van der Waals surface area contributed by atoms with Crippen LogP contribution in [0.25, 0.3) is 34.6 Å². The molecule has 5 rings (SSSR count). The van der Waals surface area contributed by atoms with Crippen LogP contribution in [0.15, 0.2) is 51.5 Å². The number of hydrogen-bond donors (Lipinski definition) is 0. The zero-order valence-corrected chi connectivity index (χ0v) is 14.1. The fraction of sp³-hybridized carbons (Fsp3) is 0.111. The van der Waals surface area contributed by atoms with Gasteiger partial charge in [0.05, 0.1) is 7.11 Å². The summed E-state index contributed by atoms with van der Waals surface area (Å²) in [5.41, 5.74) is 1.51. The van der Waals surface area contributed by atoms with Gasteiger partial charge in [-0.05, 0) is 42.5 Å². The van der Waals surface area contributed by atoms with E-state index in [4.69, 9.17) is 23.3 Å². The van der Waals surface area contributed by atoms with Crippen LogP contribution in [0.2, 0.25) is 0 Å². The minimum atomic E-state index is 0.134. The molecule has 27 heavy (non-hydrogen) atoms. The van der Waals surface area contributed by atoms with E-state index in [-0.39, 0.29) is 18.6 Å². The van der Waals surface area contributed by atoms with Crippen molar-refractivity contribution in [3.8, 4) is 51.8 Å². The van der Waals surface area contributed by atoms with E-state index in [9.17, 15) is 0 Å². The highest BCUT2D eigenvalue weighted by Gasteiger charge is 2.20. The van der Waals surface area contributed by atoms with Gasteiger partial charge in [-0.3, -0.25) is 0 Å². The largest absolute Gasteiger partial charge is 0.497 e. The van der Waals surface area contributed by atoms with Crippen molar-refractivity contribution in [3.05, 3.63) is 42.5 Å². The maximum absolute atomic E-state index is 5.36. The van der Waals surface area contributed by atoms with Crippen LogP contribution >= 0.6 is 0 Å². The van der Waals surface area contributed by atoms with Crippen LogP contribution in [0.1, 0.15) is 0 Å². The van der Waals surface area contributed by atoms with Crippen LogP contribution in [0, 0.1) is 0 Å². The summed E-state index contributed by atoms with van der Waals surface area (Å²) < 4.78 is 26.3. The van der Waals surface area contributed by atoms with E-state index in [0.717, 1.165) is 16.9 Å². The molecule has 0 aliphatic carbocycles. The van der Waals surface area contributed by atoms with Crippen LogP contribution in [0.3, 0.4) is 0 Å². The Labute approximate surface area is 152 Å². The van der Waals surface area contributed by atoms with Crippen molar-refractivity contribution in [1.82, 2.24) is 20.3 Å². The van der Waals surface area contributed by atoms with Gasteiger partial charge in [-0.1, -0.05) is 10.3 Å². The maximum Gasteiger partial charge on any atom is 0.316 e. The fourth-order valence-electron chi connectivity index (χ4n) is 2.63. The molecule has 4 aromatic rings. The third kappa shape index (κ3) is 2.74. The summed E-state index contributed by atoms with van der Waals surface area (Å²) in [5.74, 6) is 3.13. The molecule has 0 atom stereocenters. The molecule has 134 valence electrons. The van der Waals surface area contributed by atoms with Crippen LogP contribution in [0.5, 0.6) is 17.2 Å². The Morgan fingerprint density at radius 1 is 0.778 bits per heavy atom. The van der Waals surface area contributed by atoms with Crippen molar-refractivity contribution in [2.45, 2.75) is 0 Å². The van der Waals surface area contributed by atoms with Gasteiger partial charge in [-0.15, -0.1) is 0 Å². The second-order valence-corrected chi connectivity index (χ2v) is 5.64. The Morgan fingerprint density at radius 3 is 2.11 bits per heavy atom. The molecule has 2 aromatic carbocycles. The average Bonchev–Trinajstić information content (AvgIpc) is 3.47. The quantitative estimate of drug-likeness (QED) is 0.539. The van der Waals surface area contributed by atoms with Gasteiger partial charge < -0.3 is 23.3 Å². The molecule has 0 spiro atoms. The number of hydrogen-bond acceptors (Lipinski definition) is 9. The molecule has 0 radical (unpaired) electrons. The number of methoxy groups -OCH3 is 1. The van der Waals surface area contributed by atoms with Gasteiger partial charge in [0.1, 0.15) is 5.75 Å². The Kier molecular flexibility index (Phi) is 3.49. The summed E-state index contributed by atoms with van der Waals surface area (Å²) in [7, 11) is 1.61. The van der Waals surface area contributed by atoms with Crippen molar-refractivity contribution < 1.29 is 23.3 Å². The molecule has 0 unspecified atom stereocenters. The lowest BCUT2D eigenvalue weighted by Gasteiger charge is -1.98. The van der Waals surface area contributed by atoms with Crippen molar-refractivity contribution in [1.29, 1.82) is 0 Å². The molecule has 9 nitrogen and oxygen atoms in total. The first-order valence-corrected chi connectivity index (χ1v) is 8.02. The van der Waals surface area contributed by atoms with Gasteiger partial charge in [-0.2, -0.15) is 9.97 Å². The molecule has 0 saturated heterocycles. The Morgan fingerprint density at radius 2 is 1.41 bits per heavy atom. The molecule has 1 aliphatic rings. The number of aromatic nitrogens is 4. The van der Waals surface area contributed by atoms with Gasteiger partial charge in [0.25, 0.3) is 0 Å². The highest BCUT2D eigenvalue weighted by molar-refractivity contribution is 5.63. The van der Waals surface area contributed by atoms with E-state index in [0.29, 0.717) is 23.1 Å². The first-order valence-electron chi connectivity index (χ1n) is 8.02. The van der Waals surface area contributed by atoms with Crippen LogP contribution in [-0.4, -0.2) is 34.2 Å². The molecule has 0 amide bonds. The van der Waals surface area contributed by atoms with Gasteiger partial charge in [-0.25, -0.2) is 0 Å². The standard InChI is InChI=1S/C18H12N4O5/c1-23-12-5-2-10(3-6-12)15-19-17(26-21-15)18-20-16(22-27-18)11-4-7-13-14(8-11)25-9-24-13/h2-8H,9H2,1H3. The number of ether oxygens (including phenoxy) is 3. The molecule has 0 bridgehead atoms. The summed E-state index contributed by atoms with van der Waals surface area (Å²) in [5, 5.41) is 7.92. The number of rotatable bonds is 4. The lowest BCUT2D eigenvalue weighted by molar-refractivity contribution is 0.174.